The van der Waals surface area contributed by atoms with E-state index in [1.165, 1.54) is 0 Å². The molecule has 2 nitrogen and oxygen atoms in total. The fourth-order valence-corrected chi connectivity index (χ4v) is 15.4. The van der Waals surface area contributed by atoms with Gasteiger partial charge in [-0.1, -0.05) is 83.1 Å². The van der Waals surface area contributed by atoms with Crippen LogP contribution in [-0.4, -0.2) is 16.1 Å². The highest BCUT2D eigenvalue weighted by atomic mass is 35.6. The molecular formula is C16H38ClNOSi2. The molecule has 0 aromatic heterocycles. The van der Waals surface area contributed by atoms with E-state index in [9.17, 15) is 0 Å². The van der Waals surface area contributed by atoms with Crippen LogP contribution >= 0.6 is 11.1 Å². The van der Waals surface area contributed by atoms with Gasteiger partial charge in [-0.2, -0.15) is 0 Å². The molecule has 0 aliphatic carbocycles. The van der Waals surface area contributed by atoms with Crippen LogP contribution in [-0.2, 0) is 4.12 Å². The number of hydrogen-bond donors (Lipinski definition) is 1. The first-order chi connectivity index (χ1) is 8.71. The number of rotatable bonds is 2. The lowest BCUT2D eigenvalue weighted by Crippen LogP contribution is -2.69. The highest BCUT2D eigenvalue weighted by Gasteiger charge is 2.63. The van der Waals surface area contributed by atoms with Crippen LogP contribution in [0.1, 0.15) is 83.1 Å². The highest BCUT2D eigenvalue weighted by molar-refractivity contribution is 7.22. The Morgan fingerprint density at radius 3 is 1.00 bits per heavy atom. The van der Waals surface area contributed by atoms with Gasteiger partial charge in [0.05, 0.1) is 0 Å². The van der Waals surface area contributed by atoms with Crippen LogP contribution in [0.2, 0.25) is 20.2 Å². The largest absolute Gasteiger partial charge is 0.431 e. The molecule has 0 bridgehead atoms. The molecular weight excluding hydrogens is 314 g/mol. The first kappa shape index (κ1) is 21.6. The summed E-state index contributed by atoms with van der Waals surface area (Å²) in [6, 6.07) is 0. The second-order valence-electron chi connectivity index (χ2n) is 10.4. The van der Waals surface area contributed by atoms with E-state index >= 15 is 0 Å². The van der Waals surface area contributed by atoms with E-state index in [0.717, 1.165) is 0 Å². The summed E-state index contributed by atoms with van der Waals surface area (Å²) in [6.07, 6.45) is 0. The Labute approximate surface area is 140 Å². The normalized spacial score (nSPS) is 16.3. The van der Waals surface area contributed by atoms with Gasteiger partial charge >= 0.3 is 0 Å². The second-order valence-corrected chi connectivity index (χ2v) is 21.5. The van der Waals surface area contributed by atoms with E-state index in [4.69, 9.17) is 20.6 Å². The molecule has 0 atom stereocenters. The van der Waals surface area contributed by atoms with Crippen LogP contribution in [0.15, 0.2) is 0 Å². The predicted molar refractivity (Wildman–Crippen MR) is 101 cm³/mol. The van der Waals surface area contributed by atoms with Gasteiger partial charge in [-0.3, -0.25) is 0 Å². The number of halogens is 1. The minimum atomic E-state index is -2.60. The summed E-state index contributed by atoms with van der Waals surface area (Å²) in [7, 11) is -5.18. The van der Waals surface area contributed by atoms with Crippen LogP contribution in [0.4, 0.5) is 0 Å². The zero-order valence-electron chi connectivity index (χ0n) is 16.4. The summed E-state index contributed by atoms with van der Waals surface area (Å²) < 4.78 is 6.90. The van der Waals surface area contributed by atoms with Crippen LogP contribution < -0.4 is 5.40 Å². The SMILES string of the molecule is CC(C)(C)[Si](N)(O[Si](Cl)(C(C)(C)C)C(C)(C)C)C(C)(C)C. The molecule has 0 spiro atoms. The monoisotopic (exact) mass is 351 g/mol. The maximum Gasteiger partial charge on any atom is 0.291 e. The molecule has 0 amide bonds. The van der Waals surface area contributed by atoms with Crippen molar-refractivity contribution >= 4 is 27.2 Å². The van der Waals surface area contributed by atoms with Crippen molar-refractivity contribution in [3.8, 4) is 0 Å². The maximum absolute atomic E-state index is 7.26. The molecule has 128 valence electrons. The van der Waals surface area contributed by atoms with Crippen molar-refractivity contribution in [3.63, 3.8) is 0 Å². The minimum absolute atomic E-state index is 0.0745. The molecule has 0 fully saturated rings. The van der Waals surface area contributed by atoms with Gasteiger partial charge in [-0.05, 0) is 20.2 Å². The van der Waals surface area contributed by atoms with Gasteiger partial charge in [0.15, 0.2) is 0 Å². The third kappa shape index (κ3) is 3.95. The van der Waals surface area contributed by atoms with Crippen LogP contribution in [0.3, 0.4) is 0 Å². The molecule has 0 aromatic carbocycles. The molecule has 0 aromatic rings. The molecule has 2 N–H and O–H groups in total. The molecule has 0 aliphatic heterocycles. The topological polar surface area (TPSA) is 35.2 Å². The smallest absolute Gasteiger partial charge is 0.291 e. The molecule has 5 heteroatoms. The van der Waals surface area contributed by atoms with E-state index in [1.807, 2.05) is 0 Å². The lowest BCUT2D eigenvalue weighted by Gasteiger charge is -2.56. The van der Waals surface area contributed by atoms with Crippen molar-refractivity contribution in [2.45, 2.75) is 103 Å². The molecule has 0 rings (SSSR count). The summed E-state index contributed by atoms with van der Waals surface area (Å²) in [5.41, 5.74) is 0. The lowest BCUT2D eigenvalue weighted by molar-refractivity contribution is 0.375. The lowest BCUT2D eigenvalue weighted by atomic mass is 10.2. The van der Waals surface area contributed by atoms with Gasteiger partial charge in [0, 0.05) is 0 Å². The van der Waals surface area contributed by atoms with Crippen molar-refractivity contribution in [3.05, 3.63) is 0 Å². The van der Waals surface area contributed by atoms with Crippen molar-refractivity contribution in [2.24, 2.45) is 5.40 Å². The Balaban J connectivity index is 6.15. The third-order valence-electron chi connectivity index (χ3n) is 4.46. The van der Waals surface area contributed by atoms with Gasteiger partial charge in [0.25, 0.3) is 16.1 Å². The maximum atomic E-state index is 7.26. The van der Waals surface area contributed by atoms with Gasteiger partial charge in [-0.15, -0.1) is 11.1 Å². The quantitative estimate of drug-likeness (QED) is 0.469. The average molecular weight is 352 g/mol. The molecule has 0 saturated carbocycles. The zero-order chi connectivity index (χ0) is 17.7. The van der Waals surface area contributed by atoms with E-state index in [2.05, 4.69) is 83.1 Å². The van der Waals surface area contributed by atoms with E-state index in [-0.39, 0.29) is 20.2 Å². The first-order valence-corrected chi connectivity index (χ1v) is 12.8. The Morgan fingerprint density at radius 2 is 0.857 bits per heavy atom. The number of nitrogens with two attached hydrogens (primary N) is 1. The van der Waals surface area contributed by atoms with Crippen molar-refractivity contribution in [1.82, 2.24) is 0 Å². The van der Waals surface area contributed by atoms with Crippen molar-refractivity contribution < 1.29 is 4.12 Å². The summed E-state index contributed by atoms with van der Waals surface area (Å²) in [4.78, 5) is 0. The average Bonchev–Trinajstić information content (AvgIpc) is 2.09. The third-order valence-corrected chi connectivity index (χ3v) is 19.3. The molecule has 21 heavy (non-hydrogen) atoms. The Bertz CT molecular complexity index is 306. The summed E-state index contributed by atoms with van der Waals surface area (Å²) in [6.45, 7) is 26.3. The standard InChI is InChI=1S/C16H38ClNOSi2/c1-13(2,3)20(17,14(4,5)6)19-21(18,15(7,8)9)16(10,11)12/h18H2,1-12H3. The molecule has 0 heterocycles. The van der Waals surface area contributed by atoms with Crippen LogP contribution in [0, 0.1) is 0 Å². The fourth-order valence-electron chi connectivity index (χ4n) is 3.08. The van der Waals surface area contributed by atoms with Gasteiger partial charge in [0.2, 0.25) is 0 Å². The Kier molecular flexibility index (Phi) is 5.79. The molecule has 0 saturated heterocycles. The Morgan fingerprint density at radius 1 is 0.619 bits per heavy atom. The van der Waals surface area contributed by atoms with Gasteiger partial charge in [-0.25, -0.2) is 0 Å². The van der Waals surface area contributed by atoms with Crippen molar-refractivity contribution in [2.75, 3.05) is 0 Å². The number of hydrogen-bond acceptors (Lipinski definition) is 2. The summed E-state index contributed by atoms with van der Waals surface area (Å²) in [5.74, 6) is 0. The Hall–Kier alpha value is 0.644. The highest BCUT2D eigenvalue weighted by Crippen LogP contribution is 2.59. The summed E-state index contributed by atoms with van der Waals surface area (Å²) >= 11 is 7.26. The van der Waals surface area contributed by atoms with Crippen LogP contribution in [0.25, 0.3) is 0 Å². The molecule has 0 unspecified atom stereocenters. The summed E-state index contributed by atoms with van der Waals surface area (Å²) in [5, 5.41) is 6.68. The second kappa shape index (κ2) is 5.62. The van der Waals surface area contributed by atoms with E-state index in [0.29, 0.717) is 0 Å². The first-order valence-electron chi connectivity index (χ1n) is 7.89. The van der Waals surface area contributed by atoms with Crippen LogP contribution in [0.5, 0.6) is 0 Å². The van der Waals surface area contributed by atoms with E-state index < -0.39 is 16.1 Å². The predicted octanol–water partition coefficient (Wildman–Crippen LogP) is 6.29. The van der Waals surface area contributed by atoms with E-state index in [1.54, 1.807) is 0 Å². The van der Waals surface area contributed by atoms with Gasteiger partial charge < -0.3 is 9.51 Å². The minimum Gasteiger partial charge on any atom is -0.431 e. The van der Waals surface area contributed by atoms with Gasteiger partial charge in [0.1, 0.15) is 0 Å². The zero-order valence-corrected chi connectivity index (χ0v) is 19.1. The molecule has 0 radical (unpaired) electrons. The molecule has 0 aliphatic rings. The fraction of sp³-hybridized carbons (Fsp3) is 1.00. The van der Waals surface area contributed by atoms with Crippen molar-refractivity contribution in [1.29, 1.82) is 0 Å².